The largest absolute Gasteiger partial charge is 0.483 e. The summed E-state index contributed by atoms with van der Waals surface area (Å²) in [5.74, 6) is 1.17. The second-order valence-corrected chi connectivity index (χ2v) is 8.11. The number of nitrogens with one attached hydrogen (secondary N) is 1. The molecule has 138 valence electrons. The Bertz CT molecular complexity index is 867. The maximum atomic E-state index is 12.8. The maximum Gasteiger partial charge on any atom is 0.287 e. The van der Waals surface area contributed by atoms with Gasteiger partial charge in [-0.3, -0.25) is 4.79 Å². The molecular weight excluding hydrogens is 326 g/mol. The highest BCUT2D eigenvalue weighted by Gasteiger charge is 2.27. The topological polar surface area (TPSA) is 51.5 Å². The van der Waals surface area contributed by atoms with E-state index in [1.807, 2.05) is 39.0 Å². The summed E-state index contributed by atoms with van der Waals surface area (Å²) >= 11 is 0. The minimum absolute atomic E-state index is 0.0969. The normalized spacial score (nSPS) is 19.7. The van der Waals surface area contributed by atoms with Gasteiger partial charge in [0.05, 0.1) is 0 Å². The van der Waals surface area contributed by atoms with Crippen LogP contribution in [-0.2, 0) is 0 Å². The molecule has 4 heteroatoms. The van der Waals surface area contributed by atoms with Crippen molar-refractivity contribution in [1.29, 1.82) is 0 Å². The quantitative estimate of drug-likeness (QED) is 0.738. The fraction of sp³-hybridized carbons (Fsp3) is 0.500. The van der Waals surface area contributed by atoms with Gasteiger partial charge in [-0.15, -0.1) is 0 Å². The summed E-state index contributed by atoms with van der Waals surface area (Å²) in [5.41, 5.74) is 2.30. The summed E-state index contributed by atoms with van der Waals surface area (Å²) in [5, 5.41) is 4.16. The Labute approximate surface area is 154 Å². The molecular formula is C22H27NO3. The fourth-order valence-electron chi connectivity index (χ4n) is 4.10. The lowest BCUT2D eigenvalue weighted by Gasteiger charge is -2.28. The first-order valence-electron chi connectivity index (χ1n) is 9.70. The Hall–Kier alpha value is -2.23. The Kier molecular flexibility index (Phi) is 4.29. The van der Waals surface area contributed by atoms with Crippen LogP contribution in [0.25, 0.3) is 17.0 Å². The minimum atomic E-state index is -0.321. The van der Waals surface area contributed by atoms with Crippen molar-refractivity contribution in [3.8, 4) is 5.75 Å². The molecule has 4 rings (SSSR count). The zero-order valence-electron chi connectivity index (χ0n) is 15.9. The summed E-state index contributed by atoms with van der Waals surface area (Å²) in [6.07, 6.45) is 11.2. The molecule has 1 amide bonds. The Morgan fingerprint density at radius 3 is 2.62 bits per heavy atom. The summed E-state index contributed by atoms with van der Waals surface area (Å²) in [7, 11) is 0. The van der Waals surface area contributed by atoms with E-state index in [-0.39, 0.29) is 17.6 Å². The van der Waals surface area contributed by atoms with Crippen molar-refractivity contribution in [2.24, 2.45) is 0 Å². The zero-order chi connectivity index (χ0) is 18.3. The maximum absolute atomic E-state index is 12.8. The number of aryl methyl sites for hydroxylation is 1. The SMILES string of the molecule is Cc1c(C(=O)NC2CCCCCC2)oc2ccc3c(c12)C=CC(C)(C)O3. The first kappa shape index (κ1) is 17.2. The third kappa shape index (κ3) is 3.13. The third-order valence-electron chi connectivity index (χ3n) is 5.52. The van der Waals surface area contributed by atoms with Crippen molar-refractivity contribution < 1.29 is 13.9 Å². The van der Waals surface area contributed by atoms with Gasteiger partial charge in [-0.05, 0) is 51.8 Å². The number of ether oxygens (including phenoxy) is 1. The number of amides is 1. The van der Waals surface area contributed by atoms with Crippen LogP contribution in [0, 0.1) is 6.92 Å². The zero-order valence-corrected chi connectivity index (χ0v) is 15.9. The van der Waals surface area contributed by atoms with Gasteiger partial charge in [0, 0.05) is 22.6 Å². The molecule has 1 N–H and O–H groups in total. The second kappa shape index (κ2) is 6.49. The highest BCUT2D eigenvalue weighted by Crippen LogP contribution is 2.39. The predicted octanol–water partition coefficient (Wildman–Crippen LogP) is 5.38. The average molecular weight is 353 g/mol. The highest BCUT2D eigenvalue weighted by molar-refractivity contribution is 6.02. The molecule has 4 nitrogen and oxygen atoms in total. The molecule has 0 spiro atoms. The standard InChI is InChI=1S/C22H27NO3/c1-14-19-16-12-13-22(2,3)26-17(16)10-11-18(19)25-20(14)21(24)23-15-8-6-4-5-7-9-15/h10-13,15H,4-9H2,1-3H3,(H,23,24). The van der Waals surface area contributed by atoms with Gasteiger partial charge in [-0.1, -0.05) is 31.8 Å². The van der Waals surface area contributed by atoms with E-state index in [1.54, 1.807) is 0 Å². The van der Waals surface area contributed by atoms with E-state index < -0.39 is 0 Å². The van der Waals surface area contributed by atoms with Gasteiger partial charge < -0.3 is 14.5 Å². The second-order valence-electron chi connectivity index (χ2n) is 8.11. The summed E-state index contributed by atoms with van der Waals surface area (Å²) in [6.45, 7) is 6.02. The van der Waals surface area contributed by atoms with Gasteiger partial charge in [-0.25, -0.2) is 0 Å². The van der Waals surface area contributed by atoms with Crippen LogP contribution in [0.3, 0.4) is 0 Å². The van der Waals surface area contributed by atoms with E-state index in [0.717, 1.165) is 40.7 Å². The van der Waals surface area contributed by atoms with Gasteiger partial charge in [0.1, 0.15) is 16.9 Å². The van der Waals surface area contributed by atoms with Crippen molar-refractivity contribution in [2.75, 3.05) is 0 Å². The first-order valence-corrected chi connectivity index (χ1v) is 9.70. The number of fused-ring (bicyclic) bond motifs is 3. The number of hydrogen-bond donors (Lipinski definition) is 1. The van der Waals surface area contributed by atoms with Crippen molar-refractivity contribution in [2.45, 2.75) is 70.9 Å². The molecule has 2 aromatic rings. The third-order valence-corrected chi connectivity index (χ3v) is 5.52. The Morgan fingerprint density at radius 1 is 1.15 bits per heavy atom. The lowest BCUT2D eigenvalue weighted by molar-refractivity contribution is 0.0906. The molecule has 0 saturated heterocycles. The summed E-state index contributed by atoms with van der Waals surface area (Å²) in [4.78, 5) is 12.8. The molecule has 1 fully saturated rings. The molecule has 1 aliphatic heterocycles. The van der Waals surface area contributed by atoms with Gasteiger partial charge in [0.2, 0.25) is 0 Å². The summed E-state index contributed by atoms with van der Waals surface area (Å²) in [6, 6.07) is 4.09. The Morgan fingerprint density at radius 2 is 1.88 bits per heavy atom. The van der Waals surface area contributed by atoms with Crippen LogP contribution in [-0.4, -0.2) is 17.6 Å². The van der Waals surface area contributed by atoms with Crippen molar-refractivity contribution in [1.82, 2.24) is 5.32 Å². The van der Waals surface area contributed by atoms with E-state index in [1.165, 1.54) is 25.7 Å². The van der Waals surface area contributed by atoms with Gasteiger partial charge in [0.25, 0.3) is 5.91 Å². The van der Waals surface area contributed by atoms with Crippen LogP contribution < -0.4 is 10.1 Å². The van der Waals surface area contributed by atoms with E-state index in [2.05, 4.69) is 11.4 Å². The van der Waals surface area contributed by atoms with Crippen LogP contribution in [0.15, 0.2) is 22.6 Å². The van der Waals surface area contributed by atoms with Crippen LogP contribution in [0.2, 0.25) is 0 Å². The molecule has 0 radical (unpaired) electrons. The monoisotopic (exact) mass is 353 g/mol. The minimum Gasteiger partial charge on any atom is -0.483 e. The molecule has 2 heterocycles. The number of carbonyl (C=O) groups excluding carboxylic acids is 1. The van der Waals surface area contributed by atoms with Crippen LogP contribution in [0.4, 0.5) is 0 Å². The number of rotatable bonds is 2. The van der Waals surface area contributed by atoms with E-state index in [4.69, 9.17) is 9.15 Å². The van der Waals surface area contributed by atoms with Crippen molar-refractivity contribution in [3.05, 3.63) is 35.1 Å². The van der Waals surface area contributed by atoms with Gasteiger partial charge in [-0.2, -0.15) is 0 Å². The molecule has 0 bridgehead atoms. The van der Waals surface area contributed by atoms with Crippen molar-refractivity contribution in [3.63, 3.8) is 0 Å². The lowest BCUT2D eigenvalue weighted by Crippen LogP contribution is -2.34. The van der Waals surface area contributed by atoms with Crippen LogP contribution in [0.5, 0.6) is 5.75 Å². The smallest absolute Gasteiger partial charge is 0.287 e. The van der Waals surface area contributed by atoms with E-state index >= 15 is 0 Å². The van der Waals surface area contributed by atoms with Crippen LogP contribution >= 0.6 is 0 Å². The predicted molar refractivity (Wildman–Crippen MR) is 104 cm³/mol. The number of carbonyl (C=O) groups is 1. The molecule has 1 saturated carbocycles. The number of furan rings is 1. The molecule has 1 aromatic heterocycles. The van der Waals surface area contributed by atoms with Gasteiger partial charge in [0.15, 0.2) is 5.76 Å². The summed E-state index contributed by atoms with van der Waals surface area (Å²) < 4.78 is 12.0. The van der Waals surface area contributed by atoms with E-state index in [0.29, 0.717) is 5.76 Å². The molecule has 1 aliphatic carbocycles. The van der Waals surface area contributed by atoms with Crippen molar-refractivity contribution >= 4 is 23.0 Å². The molecule has 2 aliphatic rings. The first-order chi connectivity index (χ1) is 12.4. The van der Waals surface area contributed by atoms with Crippen LogP contribution in [0.1, 0.15) is 74.1 Å². The number of hydrogen-bond acceptors (Lipinski definition) is 3. The molecule has 0 unspecified atom stereocenters. The van der Waals surface area contributed by atoms with Gasteiger partial charge >= 0.3 is 0 Å². The number of benzene rings is 1. The molecule has 0 atom stereocenters. The molecule has 1 aromatic carbocycles. The Balaban J connectivity index is 1.66. The lowest BCUT2D eigenvalue weighted by atomic mass is 9.98. The van der Waals surface area contributed by atoms with E-state index in [9.17, 15) is 4.79 Å². The average Bonchev–Trinajstić information content (AvgIpc) is 2.77. The molecule has 26 heavy (non-hydrogen) atoms. The fourth-order valence-corrected chi connectivity index (χ4v) is 4.10. The highest BCUT2D eigenvalue weighted by atomic mass is 16.5.